The highest BCUT2D eigenvalue weighted by Gasteiger charge is 2.06. The summed E-state index contributed by atoms with van der Waals surface area (Å²) >= 11 is 0. The van der Waals surface area contributed by atoms with Crippen LogP contribution in [0.4, 0.5) is 0 Å². The molecular formula is C16H14O2. The molecule has 0 aliphatic carbocycles. The van der Waals surface area contributed by atoms with Gasteiger partial charge in [0.05, 0.1) is 0 Å². The van der Waals surface area contributed by atoms with E-state index in [1.165, 1.54) is 0 Å². The Morgan fingerprint density at radius 1 is 1.06 bits per heavy atom. The largest absolute Gasteiger partial charge is 0.489 e. The highest BCUT2D eigenvalue weighted by Crippen LogP contribution is 2.28. The molecule has 0 radical (unpaired) electrons. The fourth-order valence-electron chi connectivity index (χ4n) is 1.92. The summed E-state index contributed by atoms with van der Waals surface area (Å²) in [6.45, 7) is 1.21. The van der Waals surface area contributed by atoms with Gasteiger partial charge in [-0.25, -0.2) is 0 Å². The Bertz CT molecular complexity index is 559. The topological polar surface area (TPSA) is 18.5 Å². The van der Waals surface area contributed by atoms with Gasteiger partial charge in [0.2, 0.25) is 0 Å². The molecule has 0 saturated heterocycles. The lowest BCUT2D eigenvalue weighted by Crippen LogP contribution is -2.01. The van der Waals surface area contributed by atoms with Gasteiger partial charge in [0.1, 0.15) is 24.7 Å². The third-order valence-electron chi connectivity index (χ3n) is 2.87. The van der Waals surface area contributed by atoms with E-state index in [4.69, 9.17) is 9.47 Å². The lowest BCUT2D eigenvalue weighted by atomic mass is 10.1. The van der Waals surface area contributed by atoms with Gasteiger partial charge >= 0.3 is 0 Å². The zero-order valence-electron chi connectivity index (χ0n) is 10.0. The molecule has 3 rings (SSSR count). The molecule has 1 aliphatic rings. The number of hydrogen-bond donors (Lipinski definition) is 0. The van der Waals surface area contributed by atoms with Crippen molar-refractivity contribution in [3.8, 4) is 11.5 Å². The van der Waals surface area contributed by atoms with Crippen molar-refractivity contribution in [1.82, 2.24) is 0 Å². The Morgan fingerprint density at radius 2 is 1.94 bits per heavy atom. The summed E-state index contributed by atoms with van der Waals surface area (Å²) in [7, 11) is 0. The smallest absolute Gasteiger partial charge is 0.130 e. The summed E-state index contributed by atoms with van der Waals surface area (Å²) in [5.41, 5.74) is 2.27. The first-order chi connectivity index (χ1) is 8.92. The van der Waals surface area contributed by atoms with E-state index in [0.717, 1.165) is 22.6 Å². The van der Waals surface area contributed by atoms with Gasteiger partial charge in [0, 0.05) is 11.6 Å². The third kappa shape index (κ3) is 2.38. The highest BCUT2D eigenvalue weighted by molar-refractivity contribution is 5.60. The second-order valence-electron chi connectivity index (χ2n) is 4.19. The summed E-state index contributed by atoms with van der Waals surface area (Å²) in [6.07, 6.45) is 4.08. The maximum absolute atomic E-state index is 5.75. The van der Waals surface area contributed by atoms with Gasteiger partial charge in [0.25, 0.3) is 0 Å². The Balaban J connectivity index is 1.72. The first-order valence-electron chi connectivity index (χ1n) is 6.02. The van der Waals surface area contributed by atoms with Crippen molar-refractivity contribution in [1.29, 1.82) is 0 Å². The molecule has 0 spiro atoms. The second-order valence-corrected chi connectivity index (χ2v) is 4.19. The molecule has 0 N–H and O–H groups in total. The van der Waals surface area contributed by atoms with Crippen molar-refractivity contribution in [2.75, 3.05) is 6.61 Å². The SMILES string of the molecule is C1=Cc2ccc(OCc3ccccc3)cc2OC1. The van der Waals surface area contributed by atoms with Crippen LogP contribution in [0, 0.1) is 0 Å². The summed E-state index contributed by atoms with van der Waals surface area (Å²) < 4.78 is 11.3. The van der Waals surface area contributed by atoms with Crippen molar-refractivity contribution in [2.45, 2.75) is 6.61 Å². The number of rotatable bonds is 3. The Kier molecular flexibility index (Phi) is 3.01. The molecule has 2 heteroatoms. The standard InChI is InChI=1S/C16H14O2/c1-2-5-13(6-3-1)12-18-15-9-8-14-7-4-10-17-16(14)11-15/h1-9,11H,10,12H2. The molecule has 2 aromatic rings. The van der Waals surface area contributed by atoms with E-state index >= 15 is 0 Å². The van der Waals surface area contributed by atoms with Crippen LogP contribution in [0.2, 0.25) is 0 Å². The first-order valence-corrected chi connectivity index (χ1v) is 6.02. The van der Waals surface area contributed by atoms with Crippen molar-refractivity contribution in [3.63, 3.8) is 0 Å². The van der Waals surface area contributed by atoms with Crippen molar-refractivity contribution < 1.29 is 9.47 Å². The van der Waals surface area contributed by atoms with E-state index in [1.54, 1.807) is 0 Å². The molecule has 2 aromatic carbocycles. The molecule has 18 heavy (non-hydrogen) atoms. The lowest BCUT2D eigenvalue weighted by Gasteiger charge is -2.14. The van der Waals surface area contributed by atoms with Crippen LogP contribution in [0.15, 0.2) is 54.6 Å². The highest BCUT2D eigenvalue weighted by atomic mass is 16.5. The van der Waals surface area contributed by atoms with Crippen LogP contribution in [0.1, 0.15) is 11.1 Å². The number of benzene rings is 2. The maximum Gasteiger partial charge on any atom is 0.130 e. The fourth-order valence-corrected chi connectivity index (χ4v) is 1.92. The molecule has 1 aliphatic heterocycles. The Labute approximate surface area is 106 Å². The molecule has 0 unspecified atom stereocenters. The van der Waals surface area contributed by atoms with Crippen LogP contribution < -0.4 is 9.47 Å². The summed E-state index contributed by atoms with van der Waals surface area (Å²) in [5, 5.41) is 0. The number of ether oxygens (including phenoxy) is 2. The van der Waals surface area contributed by atoms with Gasteiger partial charge in [-0.05, 0) is 23.8 Å². The van der Waals surface area contributed by atoms with Crippen molar-refractivity contribution >= 4 is 6.08 Å². The van der Waals surface area contributed by atoms with E-state index in [9.17, 15) is 0 Å². The third-order valence-corrected chi connectivity index (χ3v) is 2.87. The fraction of sp³-hybridized carbons (Fsp3) is 0.125. The molecule has 2 nitrogen and oxygen atoms in total. The summed E-state index contributed by atoms with van der Waals surface area (Å²) in [6, 6.07) is 16.1. The predicted octanol–water partition coefficient (Wildman–Crippen LogP) is 3.67. The molecule has 0 bridgehead atoms. The van der Waals surface area contributed by atoms with E-state index in [-0.39, 0.29) is 0 Å². The van der Waals surface area contributed by atoms with Gasteiger partial charge < -0.3 is 9.47 Å². The minimum Gasteiger partial charge on any atom is -0.489 e. The van der Waals surface area contributed by atoms with Crippen LogP contribution in [-0.4, -0.2) is 6.61 Å². The molecule has 90 valence electrons. The number of hydrogen-bond acceptors (Lipinski definition) is 2. The van der Waals surface area contributed by atoms with Crippen LogP contribution in [0.3, 0.4) is 0 Å². The van der Waals surface area contributed by atoms with E-state index in [1.807, 2.05) is 42.5 Å². The van der Waals surface area contributed by atoms with E-state index < -0.39 is 0 Å². The van der Waals surface area contributed by atoms with Crippen molar-refractivity contribution in [2.24, 2.45) is 0 Å². The quantitative estimate of drug-likeness (QED) is 0.812. The normalized spacial score (nSPS) is 12.7. The van der Waals surface area contributed by atoms with Crippen molar-refractivity contribution in [3.05, 3.63) is 65.7 Å². The van der Waals surface area contributed by atoms with Gasteiger partial charge in [0.15, 0.2) is 0 Å². The van der Waals surface area contributed by atoms with E-state index in [2.05, 4.69) is 18.2 Å². The molecule has 0 amide bonds. The molecule has 0 aromatic heterocycles. The Morgan fingerprint density at radius 3 is 2.83 bits per heavy atom. The van der Waals surface area contributed by atoms with Gasteiger partial charge in [-0.2, -0.15) is 0 Å². The second kappa shape index (κ2) is 4.96. The maximum atomic E-state index is 5.75. The summed E-state index contributed by atoms with van der Waals surface area (Å²) in [4.78, 5) is 0. The van der Waals surface area contributed by atoms with Crippen LogP contribution in [0.25, 0.3) is 6.08 Å². The predicted molar refractivity (Wildman–Crippen MR) is 71.7 cm³/mol. The minimum absolute atomic E-state index is 0.579. The van der Waals surface area contributed by atoms with Crippen LogP contribution >= 0.6 is 0 Å². The molecule has 1 heterocycles. The monoisotopic (exact) mass is 238 g/mol. The number of fused-ring (bicyclic) bond motifs is 1. The van der Waals surface area contributed by atoms with Gasteiger partial charge in [-0.15, -0.1) is 0 Å². The van der Waals surface area contributed by atoms with Crippen LogP contribution in [0.5, 0.6) is 11.5 Å². The molecule has 0 fully saturated rings. The summed E-state index contributed by atoms with van der Waals surface area (Å²) in [5.74, 6) is 1.73. The molecular weight excluding hydrogens is 224 g/mol. The average Bonchev–Trinajstić information content (AvgIpc) is 2.46. The molecule has 0 atom stereocenters. The van der Waals surface area contributed by atoms with Gasteiger partial charge in [-0.1, -0.05) is 36.4 Å². The first kappa shape index (κ1) is 10.9. The zero-order chi connectivity index (χ0) is 12.2. The van der Waals surface area contributed by atoms with Crippen LogP contribution in [-0.2, 0) is 6.61 Å². The zero-order valence-corrected chi connectivity index (χ0v) is 10.0. The minimum atomic E-state index is 0.579. The molecule has 0 saturated carbocycles. The Hall–Kier alpha value is -2.22. The van der Waals surface area contributed by atoms with E-state index in [0.29, 0.717) is 13.2 Å². The average molecular weight is 238 g/mol. The van der Waals surface area contributed by atoms with Gasteiger partial charge in [-0.3, -0.25) is 0 Å². The lowest BCUT2D eigenvalue weighted by molar-refractivity contribution is 0.301.